The van der Waals surface area contributed by atoms with Crippen molar-refractivity contribution < 1.29 is 9.90 Å². The van der Waals surface area contributed by atoms with E-state index < -0.39 is 5.97 Å². The van der Waals surface area contributed by atoms with Gasteiger partial charge in [-0.25, -0.2) is 0 Å². The minimum absolute atomic E-state index is 0.0237. The molecule has 2 nitrogen and oxygen atoms in total. The van der Waals surface area contributed by atoms with Gasteiger partial charge in [0.2, 0.25) is 0 Å². The van der Waals surface area contributed by atoms with Crippen molar-refractivity contribution in [3.63, 3.8) is 0 Å². The second-order valence-electron chi connectivity index (χ2n) is 4.54. The molecule has 1 rings (SSSR count). The molecule has 0 saturated heterocycles. The molecule has 0 radical (unpaired) electrons. The predicted octanol–water partition coefficient (Wildman–Crippen LogP) is 2.53. The highest BCUT2D eigenvalue weighted by Crippen LogP contribution is 2.44. The maximum Gasteiger partial charge on any atom is 0.307 e. The molecule has 1 saturated carbocycles. The van der Waals surface area contributed by atoms with Gasteiger partial charge in [-0.2, -0.15) is 0 Å². The summed E-state index contributed by atoms with van der Waals surface area (Å²) in [4.78, 5) is 10.9. The van der Waals surface area contributed by atoms with Crippen LogP contribution in [-0.2, 0) is 4.79 Å². The van der Waals surface area contributed by atoms with E-state index in [1.807, 2.05) is 0 Å². The molecule has 1 aliphatic rings. The van der Waals surface area contributed by atoms with Crippen LogP contribution in [0.5, 0.6) is 0 Å². The molecule has 0 aromatic rings. The molecule has 0 unspecified atom stereocenters. The Hall–Kier alpha value is -0.530. The Morgan fingerprint density at radius 1 is 1.42 bits per heavy atom. The molecule has 0 heterocycles. The zero-order chi connectivity index (χ0) is 9.35. The van der Waals surface area contributed by atoms with Crippen molar-refractivity contribution in [3.8, 4) is 0 Å². The average molecular weight is 170 g/mol. The Labute approximate surface area is 74.0 Å². The Kier molecular flexibility index (Phi) is 2.45. The van der Waals surface area contributed by atoms with Gasteiger partial charge in [0, 0.05) is 0 Å². The van der Waals surface area contributed by atoms with Gasteiger partial charge in [-0.15, -0.1) is 0 Å². The fraction of sp³-hybridized carbons (Fsp3) is 0.900. The van der Waals surface area contributed by atoms with Crippen molar-refractivity contribution in [2.24, 2.45) is 17.3 Å². The van der Waals surface area contributed by atoms with Crippen molar-refractivity contribution >= 4 is 5.97 Å². The molecule has 70 valence electrons. The summed E-state index contributed by atoms with van der Waals surface area (Å²) in [5.74, 6) is -0.222. The summed E-state index contributed by atoms with van der Waals surface area (Å²) in [7, 11) is 0. The van der Waals surface area contributed by atoms with Crippen molar-refractivity contribution in [1.82, 2.24) is 0 Å². The Morgan fingerprint density at radius 2 is 2.00 bits per heavy atom. The zero-order valence-electron chi connectivity index (χ0n) is 8.13. The Bertz CT molecular complexity index is 184. The highest BCUT2D eigenvalue weighted by Gasteiger charge is 2.41. The van der Waals surface area contributed by atoms with E-state index in [1.165, 1.54) is 6.42 Å². The number of carboxylic acids is 1. The molecule has 0 aromatic carbocycles. The van der Waals surface area contributed by atoms with Gasteiger partial charge >= 0.3 is 5.97 Å². The SMILES string of the molecule is C[C@@H]1CCC[C@@H](C(=O)O)C1(C)C. The lowest BCUT2D eigenvalue weighted by atomic mass is 9.63. The van der Waals surface area contributed by atoms with Gasteiger partial charge < -0.3 is 5.11 Å². The van der Waals surface area contributed by atoms with Gasteiger partial charge in [-0.3, -0.25) is 4.79 Å². The topological polar surface area (TPSA) is 37.3 Å². The van der Waals surface area contributed by atoms with Crippen LogP contribution in [0.3, 0.4) is 0 Å². The minimum Gasteiger partial charge on any atom is -0.481 e. The predicted molar refractivity (Wildman–Crippen MR) is 47.9 cm³/mol. The van der Waals surface area contributed by atoms with Gasteiger partial charge in [0.05, 0.1) is 5.92 Å². The normalized spacial score (nSPS) is 34.6. The van der Waals surface area contributed by atoms with Crippen LogP contribution in [0, 0.1) is 17.3 Å². The maximum atomic E-state index is 10.9. The van der Waals surface area contributed by atoms with Crippen molar-refractivity contribution in [2.75, 3.05) is 0 Å². The first-order valence-corrected chi connectivity index (χ1v) is 4.69. The summed E-state index contributed by atoms with van der Waals surface area (Å²) in [5, 5.41) is 8.99. The Balaban J connectivity index is 2.79. The van der Waals surface area contributed by atoms with E-state index in [0.717, 1.165) is 12.8 Å². The van der Waals surface area contributed by atoms with E-state index in [9.17, 15) is 4.79 Å². The lowest BCUT2D eigenvalue weighted by molar-refractivity contribution is -0.149. The quantitative estimate of drug-likeness (QED) is 0.656. The van der Waals surface area contributed by atoms with E-state index in [4.69, 9.17) is 5.11 Å². The molecular formula is C10H18O2. The summed E-state index contributed by atoms with van der Waals surface area (Å²) in [6, 6.07) is 0. The van der Waals surface area contributed by atoms with Crippen LogP contribution in [0.2, 0.25) is 0 Å². The smallest absolute Gasteiger partial charge is 0.307 e. The fourth-order valence-electron chi connectivity index (χ4n) is 2.16. The summed E-state index contributed by atoms with van der Waals surface area (Å²) < 4.78 is 0. The maximum absolute atomic E-state index is 10.9. The zero-order valence-corrected chi connectivity index (χ0v) is 8.13. The van der Waals surface area contributed by atoms with Crippen LogP contribution < -0.4 is 0 Å². The molecule has 0 bridgehead atoms. The van der Waals surface area contributed by atoms with Gasteiger partial charge in [-0.1, -0.05) is 33.6 Å². The summed E-state index contributed by atoms with van der Waals surface area (Å²) >= 11 is 0. The van der Waals surface area contributed by atoms with Gasteiger partial charge in [-0.05, 0) is 17.8 Å². The first-order chi connectivity index (χ1) is 5.46. The number of rotatable bonds is 1. The third-order valence-corrected chi connectivity index (χ3v) is 3.60. The largest absolute Gasteiger partial charge is 0.481 e. The van der Waals surface area contributed by atoms with E-state index in [0.29, 0.717) is 5.92 Å². The molecule has 2 atom stereocenters. The number of hydrogen-bond donors (Lipinski definition) is 1. The van der Waals surface area contributed by atoms with Crippen molar-refractivity contribution in [1.29, 1.82) is 0 Å². The third-order valence-electron chi connectivity index (χ3n) is 3.60. The van der Waals surface area contributed by atoms with Crippen LogP contribution in [0.4, 0.5) is 0 Å². The lowest BCUT2D eigenvalue weighted by Gasteiger charge is -2.41. The van der Waals surface area contributed by atoms with Crippen LogP contribution in [0.25, 0.3) is 0 Å². The molecule has 0 aromatic heterocycles. The van der Waals surface area contributed by atoms with Gasteiger partial charge in [0.15, 0.2) is 0 Å². The molecule has 1 fully saturated rings. The summed E-state index contributed by atoms with van der Waals surface area (Å²) in [6.07, 6.45) is 3.10. The number of hydrogen-bond acceptors (Lipinski definition) is 1. The molecule has 1 aliphatic carbocycles. The second kappa shape index (κ2) is 3.08. The van der Waals surface area contributed by atoms with Crippen LogP contribution in [0.15, 0.2) is 0 Å². The molecule has 12 heavy (non-hydrogen) atoms. The van der Waals surface area contributed by atoms with Crippen molar-refractivity contribution in [3.05, 3.63) is 0 Å². The lowest BCUT2D eigenvalue weighted by Crippen LogP contribution is -2.39. The Morgan fingerprint density at radius 3 is 2.42 bits per heavy atom. The van der Waals surface area contributed by atoms with Gasteiger partial charge in [0.25, 0.3) is 0 Å². The van der Waals surface area contributed by atoms with Crippen LogP contribution in [-0.4, -0.2) is 11.1 Å². The monoisotopic (exact) mass is 170 g/mol. The van der Waals surface area contributed by atoms with E-state index >= 15 is 0 Å². The molecule has 0 aliphatic heterocycles. The second-order valence-corrected chi connectivity index (χ2v) is 4.54. The number of carboxylic acid groups (broad SMARTS) is 1. The van der Waals surface area contributed by atoms with Crippen LogP contribution in [0.1, 0.15) is 40.0 Å². The van der Waals surface area contributed by atoms with Gasteiger partial charge in [0.1, 0.15) is 0 Å². The van der Waals surface area contributed by atoms with E-state index in [2.05, 4.69) is 20.8 Å². The highest BCUT2D eigenvalue weighted by atomic mass is 16.4. The van der Waals surface area contributed by atoms with Crippen molar-refractivity contribution in [2.45, 2.75) is 40.0 Å². The molecule has 1 N–H and O–H groups in total. The standard InChI is InChI=1S/C10H18O2/c1-7-5-4-6-8(9(11)12)10(7,2)3/h7-8H,4-6H2,1-3H3,(H,11,12)/t7-,8+/m1/s1. The third kappa shape index (κ3) is 1.47. The summed E-state index contributed by atoms with van der Waals surface area (Å²) in [5.41, 5.74) is -0.0237. The first kappa shape index (κ1) is 9.56. The highest BCUT2D eigenvalue weighted by molar-refractivity contribution is 5.71. The fourth-order valence-corrected chi connectivity index (χ4v) is 2.16. The first-order valence-electron chi connectivity index (χ1n) is 4.69. The summed E-state index contributed by atoms with van der Waals surface area (Å²) in [6.45, 7) is 6.32. The molecule has 2 heteroatoms. The molecular weight excluding hydrogens is 152 g/mol. The van der Waals surface area contributed by atoms with Crippen LogP contribution >= 0.6 is 0 Å². The minimum atomic E-state index is -0.619. The number of aliphatic carboxylic acids is 1. The average Bonchev–Trinajstić information content (AvgIpc) is 1.94. The van der Waals surface area contributed by atoms with E-state index in [1.54, 1.807) is 0 Å². The molecule has 0 spiro atoms. The molecule has 0 amide bonds. The number of carbonyl (C=O) groups is 1. The van der Waals surface area contributed by atoms with E-state index in [-0.39, 0.29) is 11.3 Å².